The Morgan fingerprint density at radius 3 is 2.44 bits per heavy atom. The lowest BCUT2D eigenvalue weighted by atomic mass is 10.2. The summed E-state index contributed by atoms with van der Waals surface area (Å²) in [4.78, 5) is 0. The summed E-state index contributed by atoms with van der Waals surface area (Å²) in [6.45, 7) is 4.20. The summed E-state index contributed by atoms with van der Waals surface area (Å²) in [5, 5.41) is 3.04. The summed E-state index contributed by atoms with van der Waals surface area (Å²) in [5.74, 6) is -0.150. The summed E-state index contributed by atoms with van der Waals surface area (Å²) in [6, 6.07) is 6.32. The number of para-hydroxylation sites is 1. The van der Waals surface area contributed by atoms with Gasteiger partial charge in [0.05, 0.1) is 0 Å². The average Bonchev–Trinajstić information content (AvgIpc) is 2.14. The summed E-state index contributed by atoms with van der Waals surface area (Å²) in [6.07, 6.45) is -4.64. The van der Waals surface area contributed by atoms with E-state index in [1.165, 1.54) is 12.1 Å². The summed E-state index contributed by atoms with van der Waals surface area (Å²) in [5.41, 5.74) is 0.494. The largest absolute Gasteiger partial charge is 0.573 e. The SMILES string of the molecule is CC(C)NCc1ccccc1OC(F)(F)F. The Kier molecular flexibility index (Phi) is 4.18. The van der Waals surface area contributed by atoms with Crippen molar-refractivity contribution in [3.05, 3.63) is 29.8 Å². The second-order valence-electron chi connectivity index (χ2n) is 3.69. The first-order valence-electron chi connectivity index (χ1n) is 4.95. The minimum absolute atomic E-state index is 0.150. The molecule has 0 atom stereocenters. The molecule has 0 aliphatic carbocycles. The van der Waals surface area contributed by atoms with Gasteiger partial charge in [0, 0.05) is 18.2 Å². The average molecular weight is 233 g/mol. The van der Waals surface area contributed by atoms with Gasteiger partial charge in [0.2, 0.25) is 0 Å². The molecule has 0 spiro atoms. The van der Waals surface area contributed by atoms with Gasteiger partial charge in [-0.05, 0) is 6.07 Å². The van der Waals surface area contributed by atoms with Crippen LogP contribution in [-0.4, -0.2) is 12.4 Å². The highest BCUT2D eigenvalue weighted by molar-refractivity contribution is 5.33. The van der Waals surface area contributed by atoms with Crippen molar-refractivity contribution in [2.75, 3.05) is 0 Å². The fraction of sp³-hybridized carbons (Fsp3) is 0.455. The van der Waals surface area contributed by atoms with E-state index in [0.29, 0.717) is 12.1 Å². The van der Waals surface area contributed by atoms with Gasteiger partial charge in [0.1, 0.15) is 5.75 Å². The van der Waals surface area contributed by atoms with Crippen molar-refractivity contribution >= 4 is 0 Å². The Morgan fingerprint density at radius 2 is 1.88 bits per heavy atom. The third-order valence-electron chi connectivity index (χ3n) is 1.90. The number of ether oxygens (including phenoxy) is 1. The molecule has 1 rings (SSSR count). The van der Waals surface area contributed by atoms with Gasteiger partial charge in [0.25, 0.3) is 0 Å². The molecule has 1 N–H and O–H groups in total. The van der Waals surface area contributed by atoms with Gasteiger partial charge in [-0.25, -0.2) is 0 Å². The third kappa shape index (κ3) is 4.53. The van der Waals surface area contributed by atoms with Crippen molar-refractivity contribution in [2.24, 2.45) is 0 Å². The molecule has 0 unspecified atom stereocenters. The molecule has 2 nitrogen and oxygen atoms in total. The van der Waals surface area contributed by atoms with E-state index < -0.39 is 6.36 Å². The van der Waals surface area contributed by atoms with Crippen molar-refractivity contribution in [2.45, 2.75) is 32.8 Å². The van der Waals surface area contributed by atoms with Crippen LogP contribution in [-0.2, 0) is 6.54 Å². The molecule has 90 valence electrons. The molecule has 0 radical (unpaired) electrons. The minimum atomic E-state index is -4.64. The van der Waals surface area contributed by atoms with E-state index in [9.17, 15) is 13.2 Å². The fourth-order valence-electron chi connectivity index (χ4n) is 1.19. The number of alkyl halides is 3. The van der Waals surface area contributed by atoms with Crippen molar-refractivity contribution < 1.29 is 17.9 Å². The molecule has 0 aliphatic rings. The highest BCUT2D eigenvalue weighted by Gasteiger charge is 2.31. The summed E-state index contributed by atoms with van der Waals surface area (Å²) < 4.78 is 40.2. The molecule has 0 saturated carbocycles. The topological polar surface area (TPSA) is 21.3 Å². The Hall–Kier alpha value is -1.23. The van der Waals surface area contributed by atoms with Crippen molar-refractivity contribution in [3.8, 4) is 5.75 Å². The van der Waals surface area contributed by atoms with Crippen LogP contribution in [0, 0.1) is 0 Å². The lowest BCUT2D eigenvalue weighted by molar-refractivity contribution is -0.274. The lowest BCUT2D eigenvalue weighted by Crippen LogP contribution is -2.23. The van der Waals surface area contributed by atoms with E-state index >= 15 is 0 Å². The Labute approximate surface area is 92.4 Å². The molecule has 0 aromatic heterocycles. The predicted octanol–water partition coefficient (Wildman–Crippen LogP) is 3.08. The zero-order valence-corrected chi connectivity index (χ0v) is 9.14. The number of nitrogens with one attached hydrogen (secondary N) is 1. The van der Waals surface area contributed by atoms with Gasteiger partial charge in [-0.1, -0.05) is 32.0 Å². The standard InChI is InChI=1S/C11H14F3NO/c1-8(2)15-7-9-5-3-4-6-10(9)16-11(12,13)14/h3-6,8,15H,7H2,1-2H3. The number of benzene rings is 1. The number of rotatable bonds is 4. The zero-order chi connectivity index (χ0) is 12.2. The maximum absolute atomic E-state index is 12.1. The smallest absolute Gasteiger partial charge is 0.405 e. The Bertz CT molecular complexity index is 336. The normalized spacial score (nSPS) is 11.9. The van der Waals surface area contributed by atoms with Crippen LogP contribution in [0.25, 0.3) is 0 Å². The molecular weight excluding hydrogens is 219 g/mol. The summed E-state index contributed by atoms with van der Waals surface area (Å²) >= 11 is 0. The maximum atomic E-state index is 12.1. The van der Waals surface area contributed by atoms with E-state index in [1.807, 2.05) is 13.8 Å². The van der Waals surface area contributed by atoms with Crippen LogP contribution in [0.4, 0.5) is 13.2 Å². The number of halogens is 3. The molecule has 5 heteroatoms. The van der Waals surface area contributed by atoms with E-state index in [4.69, 9.17) is 0 Å². The van der Waals surface area contributed by atoms with Gasteiger partial charge >= 0.3 is 6.36 Å². The van der Waals surface area contributed by atoms with Crippen LogP contribution in [0.2, 0.25) is 0 Å². The van der Waals surface area contributed by atoms with E-state index in [2.05, 4.69) is 10.1 Å². The molecule has 1 aromatic rings. The van der Waals surface area contributed by atoms with Gasteiger partial charge in [-0.15, -0.1) is 13.2 Å². The second kappa shape index (κ2) is 5.21. The first kappa shape index (κ1) is 12.8. The third-order valence-corrected chi connectivity index (χ3v) is 1.90. The van der Waals surface area contributed by atoms with Crippen LogP contribution >= 0.6 is 0 Å². The summed E-state index contributed by atoms with van der Waals surface area (Å²) in [7, 11) is 0. The van der Waals surface area contributed by atoms with Crippen LogP contribution in [0.1, 0.15) is 19.4 Å². The Morgan fingerprint density at radius 1 is 1.25 bits per heavy atom. The van der Waals surface area contributed by atoms with Crippen molar-refractivity contribution in [1.82, 2.24) is 5.32 Å². The monoisotopic (exact) mass is 233 g/mol. The molecule has 0 amide bonds. The zero-order valence-electron chi connectivity index (χ0n) is 9.14. The molecule has 0 fully saturated rings. The molecule has 1 aromatic carbocycles. The van der Waals surface area contributed by atoms with Crippen LogP contribution in [0.3, 0.4) is 0 Å². The maximum Gasteiger partial charge on any atom is 0.573 e. The first-order valence-corrected chi connectivity index (χ1v) is 4.95. The number of hydrogen-bond donors (Lipinski definition) is 1. The van der Waals surface area contributed by atoms with E-state index in [0.717, 1.165) is 0 Å². The highest BCUT2D eigenvalue weighted by atomic mass is 19.4. The molecule has 0 aliphatic heterocycles. The van der Waals surface area contributed by atoms with Gasteiger partial charge in [0.15, 0.2) is 0 Å². The molecule has 0 heterocycles. The van der Waals surface area contributed by atoms with Crippen LogP contribution in [0.15, 0.2) is 24.3 Å². The van der Waals surface area contributed by atoms with Gasteiger partial charge in [-0.2, -0.15) is 0 Å². The fourth-order valence-corrected chi connectivity index (χ4v) is 1.19. The quantitative estimate of drug-likeness (QED) is 0.862. The van der Waals surface area contributed by atoms with Gasteiger partial charge in [-0.3, -0.25) is 0 Å². The Balaban J connectivity index is 2.75. The second-order valence-corrected chi connectivity index (χ2v) is 3.69. The van der Waals surface area contributed by atoms with Crippen molar-refractivity contribution in [3.63, 3.8) is 0 Å². The molecule has 0 bridgehead atoms. The first-order chi connectivity index (χ1) is 7.38. The van der Waals surface area contributed by atoms with E-state index in [1.54, 1.807) is 12.1 Å². The van der Waals surface area contributed by atoms with Crippen LogP contribution in [0.5, 0.6) is 5.75 Å². The molecular formula is C11H14F3NO. The van der Waals surface area contributed by atoms with E-state index in [-0.39, 0.29) is 11.8 Å². The molecule has 0 saturated heterocycles. The molecule has 16 heavy (non-hydrogen) atoms. The van der Waals surface area contributed by atoms with Crippen molar-refractivity contribution in [1.29, 1.82) is 0 Å². The highest BCUT2D eigenvalue weighted by Crippen LogP contribution is 2.26. The van der Waals surface area contributed by atoms with Crippen LogP contribution < -0.4 is 10.1 Å². The van der Waals surface area contributed by atoms with Gasteiger partial charge < -0.3 is 10.1 Å². The lowest BCUT2D eigenvalue weighted by Gasteiger charge is -2.14. The number of hydrogen-bond acceptors (Lipinski definition) is 2. The predicted molar refractivity (Wildman–Crippen MR) is 55.1 cm³/mol. The minimum Gasteiger partial charge on any atom is -0.405 e.